The van der Waals surface area contributed by atoms with Crippen LogP contribution in [0.3, 0.4) is 0 Å². The van der Waals surface area contributed by atoms with E-state index in [4.69, 9.17) is 0 Å². The maximum Gasteiger partial charge on any atom is 0.321 e. The number of rotatable bonds is 1. The Kier molecular flexibility index (Phi) is 2.11. The molecular formula is C12H15N3O. The molecule has 3 rings (SSSR count). The van der Waals surface area contributed by atoms with Gasteiger partial charge in [-0.15, -0.1) is 0 Å². The van der Waals surface area contributed by atoms with Crippen LogP contribution < -0.4 is 10.6 Å². The number of nitrogens with one attached hydrogen (secondary N) is 2. The van der Waals surface area contributed by atoms with E-state index in [1.54, 1.807) is 0 Å². The van der Waals surface area contributed by atoms with Crippen molar-refractivity contribution in [1.82, 2.24) is 10.2 Å². The molecule has 2 aliphatic heterocycles. The van der Waals surface area contributed by atoms with Crippen LogP contribution in [0.4, 0.5) is 10.5 Å². The van der Waals surface area contributed by atoms with Crippen LogP contribution in [0.2, 0.25) is 0 Å². The lowest BCUT2D eigenvalue weighted by atomic mass is 9.75. The number of hydrogen-bond acceptors (Lipinski definition) is 2. The smallest absolute Gasteiger partial charge is 0.321 e. The third kappa shape index (κ3) is 1.55. The number of anilines is 1. The minimum Gasteiger partial charge on any atom is -0.323 e. The van der Waals surface area contributed by atoms with Gasteiger partial charge in [0, 0.05) is 37.3 Å². The van der Waals surface area contributed by atoms with E-state index in [-0.39, 0.29) is 6.03 Å². The summed E-state index contributed by atoms with van der Waals surface area (Å²) in [6.45, 7) is 3.89. The number of para-hydroxylation sites is 1. The summed E-state index contributed by atoms with van der Waals surface area (Å²) in [5.74, 6) is 0. The molecule has 2 N–H and O–H groups in total. The predicted molar refractivity (Wildman–Crippen MR) is 62.3 cm³/mol. The topological polar surface area (TPSA) is 44.4 Å². The van der Waals surface area contributed by atoms with Crippen molar-refractivity contribution in [3.63, 3.8) is 0 Å². The molecule has 1 aromatic carbocycles. The lowest BCUT2D eigenvalue weighted by Gasteiger charge is -2.55. The third-order valence-electron chi connectivity index (χ3n) is 3.36. The first-order valence-corrected chi connectivity index (χ1v) is 5.59. The van der Waals surface area contributed by atoms with Crippen molar-refractivity contribution in [2.24, 2.45) is 5.41 Å². The fourth-order valence-corrected chi connectivity index (χ4v) is 2.33. The zero-order chi connectivity index (χ0) is 11.0. The number of hydrogen-bond donors (Lipinski definition) is 2. The van der Waals surface area contributed by atoms with E-state index in [2.05, 4.69) is 10.6 Å². The van der Waals surface area contributed by atoms with Gasteiger partial charge in [0.2, 0.25) is 0 Å². The maximum absolute atomic E-state index is 11.8. The Bertz CT molecular complexity index is 392. The van der Waals surface area contributed by atoms with Gasteiger partial charge in [0.15, 0.2) is 0 Å². The number of likely N-dealkylation sites (tertiary alicyclic amines) is 1. The molecule has 0 saturated carbocycles. The zero-order valence-corrected chi connectivity index (χ0v) is 9.07. The SMILES string of the molecule is O=C(Nc1ccccc1)N1CC2(CNC2)C1. The van der Waals surface area contributed by atoms with Crippen molar-refractivity contribution in [3.8, 4) is 0 Å². The molecule has 2 saturated heterocycles. The number of carbonyl (C=O) groups is 1. The minimum atomic E-state index is 0.0173. The van der Waals surface area contributed by atoms with Gasteiger partial charge in [0.25, 0.3) is 0 Å². The van der Waals surface area contributed by atoms with E-state index in [1.807, 2.05) is 35.2 Å². The van der Waals surface area contributed by atoms with E-state index in [0.717, 1.165) is 31.9 Å². The van der Waals surface area contributed by atoms with Gasteiger partial charge in [-0.05, 0) is 12.1 Å². The highest BCUT2D eigenvalue weighted by Crippen LogP contribution is 2.34. The van der Waals surface area contributed by atoms with E-state index in [1.165, 1.54) is 0 Å². The highest BCUT2D eigenvalue weighted by atomic mass is 16.2. The van der Waals surface area contributed by atoms with Crippen molar-refractivity contribution >= 4 is 11.7 Å². The molecule has 0 aromatic heterocycles. The van der Waals surface area contributed by atoms with Crippen LogP contribution >= 0.6 is 0 Å². The minimum absolute atomic E-state index is 0.0173. The first-order chi connectivity index (χ1) is 7.77. The Morgan fingerprint density at radius 2 is 1.94 bits per heavy atom. The molecule has 16 heavy (non-hydrogen) atoms. The second-order valence-electron chi connectivity index (χ2n) is 4.76. The molecular weight excluding hydrogens is 202 g/mol. The molecule has 84 valence electrons. The molecule has 0 aliphatic carbocycles. The second-order valence-corrected chi connectivity index (χ2v) is 4.76. The summed E-state index contributed by atoms with van der Waals surface area (Å²) in [4.78, 5) is 13.7. The quantitative estimate of drug-likeness (QED) is 0.740. The summed E-state index contributed by atoms with van der Waals surface area (Å²) in [5.41, 5.74) is 1.26. The molecule has 4 nitrogen and oxygen atoms in total. The van der Waals surface area contributed by atoms with Crippen molar-refractivity contribution in [2.45, 2.75) is 0 Å². The number of urea groups is 1. The number of nitrogens with zero attached hydrogens (tertiary/aromatic N) is 1. The van der Waals surface area contributed by atoms with Crippen molar-refractivity contribution < 1.29 is 4.79 Å². The van der Waals surface area contributed by atoms with Gasteiger partial charge in [-0.25, -0.2) is 4.79 Å². The molecule has 0 atom stereocenters. The van der Waals surface area contributed by atoms with Crippen LogP contribution in [-0.2, 0) is 0 Å². The first kappa shape index (κ1) is 9.66. The van der Waals surface area contributed by atoms with Gasteiger partial charge in [-0.3, -0.25) is 0 Å². The summed E-state index contributed by atoms with van der Waals surface area (Å²) in [6, 6.07) is 9.60. The monoisotopic (exact) mass is 217 g/mol. The third-order valence-corrected chi connectivity index (χ3v) is 3.36. The molecule has 2 aliphatic rings. The average Bonchev–Trinajstić information content (AvgIpc) is 2.14. The van der Waals surface area contributed by atoms with Gasteiger partial charge >= 0.3 is 6.03 Å². The van der Waals surface area contributed by atoms with E-state index < -0.39 is 0 Å². The summed E-state index contributed by atoms with van der Waals surface area (Å²) in [5, 5.41) is 6.15. The van der Waals surface area contributed by atoms with Gasteiger partial charge in [-0.1, -0.05) is 18.2 Å². The lowest BCUT2D eigenvalue weighted by Crippen LogP contribution is -2.72. The Morgan fingerprint density at radius 1 is 1.25 bits per heavy atom. The predicted octanol–water partition coefficient (Wildman–Crippen LogP) is 1.12. The molecule has 2 heterocycles. The summed E-state index contributed by atoms with van der Waals surface area (Å²) in [6.07, 6.45) is 0. The van der Waals surface area contributed by atoms with Gasteiger partial charge in [0.1, 0.15) is 0 Å². The van der Waals surface area contributed by atoms with Gasteiger partial charge in [-0.2, -0.15) is 0 Å². The molecule has 1 spiro atoms. The molecule has 0 bridgehead atoms. The summed E-state index contributed by atoms with van der Waals surface area (Å²) >= 11 is 0. The Balaban J connectivity index is 1.55. The molecule has 2 amide bonds. The van der Waals surface area contributed by atoms with Crippen molar-refractivity contribution in [1.29, 1.82) is 0 Å². The first-order valence-electron chi connectivity index (χ1n) is 5.59. The Labute approximate surface area is 94.6 Å². The van der Waals surface area contributed by atoms with Crippen LogP contribution in [0.1, 0.15) is 0 Å². The maximum atomic E-state index is 11.8. The summed E-state index contributed by atoms with van der Waals surface area (Å²) < 4.78 is 0. The van der Waals surface area contributed by atoms with E-state index in [0.29, 0.717) is 5.41 Å². The normalized spacial score (nSPS) is 21.1. The molecule has 4 heteroatoms. The largest absolute Gasteiger partial charge is 0.323 e. The number of benzene rings is 1. The van der Waals surface area contributed by atoms with Crippen molar-refractivity contribution in [3.05, 3.63) is 30.3 Å². The fraction of sp³-hybridized carbons (Fsp3) is 0.417. The second kappa shape index (κ2) is 3.49. The molecule has 1 aromatic rings. The van der Waals surface area contributed by atoms with Crippen LogP contribution in [0.15, 0.2) is 30.3 Å². The lowest BCUT2D eigenvalue weighted by molar-refractivity contribution is -0.00713. The molecule has 2 fully saturated rings. The Morgan fingerprint density at radius 3 is 2.50 bits per heavy atom. The fourth-order valence-electron chi connectivity index (χ4n) is 2.33. The van der Waals surface area contributed by atoms with Crippen LogP contribution in [0, 0.1) is 5.41 Å². The highest BCUT2D eigenvalue weighted by molar-refractivity contribution is 5.90. The molecule has 0 unspecified atom stereocenters. The van der Waals surface area contributed by atoms with Crippen LogP contribution in [0.5, 0.6) is 0 Å². The Hall–Kier alpha value is -1.55. The van der Waals surface area contributed by atoms with Crippen LogP contribution in [0.25, 0.3) is 0 Å². The van der Waals surface area contributed by atoms with E-state index >= 15 is 0 Å². The van der Waals surface area contributed by atoms with Crippen molar-refractivity contribution in [2.75, 3.05) is 31.5 Å². The van der Waals surface area contributed by atoms with Crippen LogP contribution in [-0.4, -0.2) is 37.1 Å². The van der Waals surface area contributed by atoms with Gasteiger partial charge in [0.05, 0.1) is 0 Å². The van der Waals surface area contributed by atoms with E-state index in [9.17, 15) is 4.79 Å². The highest BCUT2D eigenvalue weighted by Gasteiger charge is 2.49. The number of amides is 2. The average molecular weight is 217 g/mol. The summed E-state index contributed by atoms with van der Waals surface area (Å²) in [7, 11) is 0. The molecule has 0 radical (unpaired) electrons. The standard InChI is InChI=1S/C12H15N3O/c16-11(14-10-4-2-1-3-5-10)15-8-12(9-15)6-13-7-12/h1-5,13H,6-9H2,(H,14,16). The van der Waals surface area contributed by atoms with Gasteiger partial charge < -0.3 is 15.5 Å². The number of carbonyl (C=O) groups excluding carboxylic acids is 1. The zero-order valence-electron chi connectivity index (χ0n) is 9.07.